The number of benzene rings is 1. The van der Waals surface area contributed by atoms with Crippen LogP contribution >= 0.6 is 0 Å². The molecule has 1 amide bonds. The third-order valence-electron chi connectivity index (χ3n) is 6.27. The number of piperidine rings is 1. The number of aromatic nitrogens is 2. The van der Waals surface area contributed by atoms with Crippen molar-refractivity contribution in [3.63, 3.8) is 0 Å². The van der Waals surface area contributed by atoms with Gasteiger partial charge in [-0.2, -0.15) is 13.2 Å². The molecule has 6 nitrogen and oxygen atoms in total. The number of alkyl halides is 3. The number of amides is 1. The Balaban J connectivity index is 1.40. The van der Waals surface area contributed by atoms with E-state index in [0.29, 0.717) is 30.0 Å². The van der Waals surface area contributed by atoms with Gasteiger partial charge in [-0.1, -0.05) is 6.07 Å². The highest BCUT2D eigenvalue weighted by atomic mass is 19.4. The molecule has 172 valence electrons. The molecule has 1 aliphatic heterocycles. The van der Waals surface area contributed by atoms with Gasteiger partial charge >= 0.3 is 6.18 Å². The summed E-state index contributed by atoms with van der Waals surface area (Å²) in [5.41, 5.74) is 0.179. The fraction of sp³-hybridized carbons (Fsp3) is 0.375. The lowest BCUT2D eigenvalue weighted by Gasteiger charge is -2.33. The van der Waals surface area contributed by atoms with Crippen molar-refractivity contribution >= 4 is 16.8 Å². The molecule has 33 heavy (non-hydrogen) atoms. The van der Waals surface area contributed by atoms with Crippen LogP contribution in [0.2, 0.25) is 0 Å². The number of rotatable bonds is 5. The van der Waals surface area contributed by atoms with E-state index in [2.05, 4.69) is 9.97 Å². The minimum absolute atomic E-state index is 0.120. The third kappa shape index (κ3) is 3.96. The smallest absolute Gasteiger partial charge is 0.417 e. The second kappa shape index (κ2) is 8.20. The van der Waals surface area contributed by atoms with Crippen LogP contribution in [0.15, 0.2) is 48.8 Å². The molecule has 0 N–H and O–H groups in total. The Morgan fingerprint density at radius 2 is 2.00 bits per heavy atom. The van der Waals surface area contributed by atoms with Gasteiger partial charge in [-0.05, 0) is 49.9 Å². The lowest BCUT2D eigenvalue weighted by molar-refractivity contribution is -0.137. The molecule has 1 aliphatic carbocycles. The van der Waals surface area contributed by atoms with E-state index >= 15 is 0 Å². The topological polar surface area (TPSA) is 64.5 Å². The molecule has 1 saturated heterocycles. The summed E-state index contributed by atoms with van der Waals surface area (Å²) in [6, 6.07) is 9.36. The first kappa shape index (κ1) is 21.5. The number of carbonyl (C=O) groups is 1. The third-order valence-corrected chi connectivity index (χ3v) is 6.27. The zero-order valence-electron chi connectivity index (χ0n) is 17.9. The van der Waals surface area contributed by atoms with E-state index in [9.17, 15) is 18.0 Å². The van der Waals surface area contributed by atoms with Gasteiger partial charge in [-0.3, -0.25) is 9.78 Å². The van der Waals surface area contributed by atoms with Crippen molar-refractivity contribution < 1.29 is 27.4 Å². The van der Waals surface area contributed by atoms with Crippen LogP contribution in [0.25, 0.3) is 10.9 Å². The predicted molar refractivity (Wildman–Crippen MR) is 114 cm³/mol. The molecule has 5 rings (SSSR count). The van der Waals surface area contributed by atoms with Gasteiger partial charge in [0.15, 0.2) is 0 Å². The Kier molecular flexibility index (Phi) is 5.34. The van der Waals surface area contributed by atoms with E-state index in [1.807, 2.05) is 25.1 Å². The van der Waals surface area contributed by atoms with Gasteiger partial charge in [-0.25, -0.2) is 4.98 Å². The van der Waals surface area contributed by atoms with Gasteiger partial charge in [0.1, 0.15) is 17.4 Å². The molecule has 3 unspecified atom stereocenters. The van der Waals surface area contributed by atoms with Crippen molar-refractivity contribution in [3.05, 3.63) is 59.9 Å². The summed E-state index contributed by atoms with van der Waals surface area (Å²) in [6.07, 6.45) is -0.876. The van der Waals surface area contributed by atoms with E-state index in [-0.39, 0.29) is 29.9 Å². The first-order valence-corrected chi connectivity index (χ1v) is 10.9. The van der Waals surface area contributed by atoms with Crippen molar-refractivity contribution in [2.75, 3.05) is 13.2 Å². The standard InChI is InChI=1S/C24H22F3N3O3/c1-2-32-18-7-5-15-4-3-9-28-22(15)21(18)23(31)30-13-14-10-17(30)19(11-14)33-20-8-6-16(12-29-20)24(25,26)27/h3-9,12,14,17,19H,2,10-11,13H2,1H3. The molecule has 0 spiro atoms. The predicted octanol–water partition coefficient (Wildman–Crippen LogP) is 4.73. The number of pyridine rings is 2. The van der Waals surface area contributed by atoms with Gasteiger partial charge in [0.2, 0.25) is 5.88 Å². The molecule has 2 aliphatic rings. The number of likely N-dealkylation sites (tertiary alicyclic amines) is 1. The van der Waals surface area contributed by atoms with Crippen LogP contribution in [0.3, 0.4) is 0 Å². The Labute approximate surface area is 188 Å². The molecular formula is C24H22F3N3O3. The maximum atomic E-state index is 13.7. The van der Waals surface area contributed by atoms with Crippen molar-refractivity contribution in [2.24, 2.45) is 5.92 Å². The second-order valence-electron chi connectivity index (χ2n) is 8.35. The number of halogens is 3. The number of nitrogens with zero attached hydrogens (tertiary/aromatic N) is 3. The maximum Gasteiger partial charge on any atom is 0.417 e. The van der Waals surface area contributed by atoms with Gasteiger partial charge in [0.05, 0.1) is 23.7 Å². The maximum absolute atomic E-state index is 13.7. The Hall–Kier alpha value is -3.36. The van der Waals surface area contributed by atoms with Gasteiger partial charge in [-0.15, -0.1) is 0 Å². The number of carbonyl (C=O) groups excluding carboxylic acids is 1. The number of ether oxygens (including phenoxy) is 2. The van der Waals surface area contributed by atoms with Crippen LogP contribution in [0, 0.1) is 5.92 Å². The molecule has 2 fully saturated rings. The second-order valence-corrected chi connectivity index (χ2v) is 8.35. The molecule has 3 atom stereocenters. The van der Waals surface area contributed by atoms with Crippen LogP contribution < -0.4 is 9.47 Å². The summed E-state index contributed by atoms with van der Waals surface area (Å²) in [5, 5.41) is 0.843. The minimum atomic E-state index is -4.45. The Morgan fingerprint density at radius 1 is 1.15 bits per heavy atom. The summed E-state index contributed by atoms with van der Waals surface area (Å²) >= 11 is 0. The average molecular weight is 457 g/mol. The summed E-state index contributed by atoms with van der Waals surface area (Å²) in [7, 11) is 0. The highest BCUT2D eigenvalue weighted by molar-refractivity contribution is 6.08. The molecule has 0 radical (unpaired) electrons. The van der Waals surface area contributed by atoms with E-state index in [4.69, 9.17) is 9.47 Å². The number of fused-ring (bicyclic) bond motifs is 3. The zero-order chi connectivity index (χ0) is 23.2. The summed E-state index contributed by atoms with van der Waals surface area (Å²) in [4.78, 5) is 23.8. The normalized spacial score (nSPS) is 22.1. The molecule has 3 aromatic rings. The Morgan fingerprint density at radius 3 is 2.70 bits per heavy atom. The summed E-state index contributed by atoms with van der Waals surface area (Å²) < 4.78 is 50.1. The first-order chi connectivity index (χ1) is 15.8. The quantitative estimate of drug-likeness (QED) is 0.554. The van der Waals surface area contributed by atoms with Crippen LogP contribution in [0.5, 0.6) is 11.6 Å². The van der Waals surface area contributed by atoms with Gasteiger partial charge in [0, 0.05) is 30.4 Å². The highest BCUT2D eigenvalue weighted by Gasteiger charge is 2.49. The SMILES string of the molecule is CCOc1ccc2cccnc2c1C(=O)N1CC2CC(Oc3ccc(C(F)(F)F)cn3)C1C2. The fourth-order valence-electron chi connectivity index (χ4n) is 4.85. The van der Waals surface area contributed by atoms with E-state index in [0.717, 1.165) is 30.5 Å². The lowest BCUT2D eigenvalue weighted by Crippen LogP contribution is -2.47. The highest BCUT2D eigenvalue weighted by Crippen LogP contribution is 2.42. The van der Waals surface area contributed by atoms with E-state index in [1.165, 1.54) is 6.07 Å². The summed E-state index contributed by atoms with van der Waals surface area (Å²) in [5.74, 6) is 0.689. The Bertz CT molecular complexity index is 1180. The fourth-order valence-corrected chi connectivity index (χ4v) is 4.85. The van der Waals surface area contributed by atoms with Crippen LogP contribution in [-0.4, -0.2) is 46.1 Å². The van der Waals surface area contributed by atoms with Crippen molar-refractivity contribution in [3.8, 4) is 11.6 Å². The molecular weight excluding hydrogens is 435 g/mol. The minimum Gasteiger partial charge on any atom is -0.493 e. The van der Waals surface area contributed by atoms with Crippen molar-refractivity contribution in [1.29, 1.82) is 0 Å². The largest absolute Gasteiger partial charge is 0.493 e. The molecule has 2 aromatic heterocycles. The monoisotopic (exact) mass is 457 g/mol. The van der Waals surface area contributed by atoms with Crippen molar-refractivity contribution in [1.82, 2.24) is 14.9 Å². The van der Waals surface area contributed by atoms with Crippen LogP contribution in [0.1, 0.15) is 35.7 Å². The number of hydrogen-bond acceptors (Lipinski definition) is 5. The summed E-state index contributed by atoms with van der Waals surface area (Å²) in [6.45, 7) is 2.87. The van der Waals surface area contributed by atoms with Crippen LogP contribution in [-0.2, 0) is 6.18 Å². The van der Waals surface area contributed by atoms with Gasteiger partial charge in [0.25, 0.3) is 5.91 Å². The molecule has 1 aromatic carbocycles. The lowest BCUT2D eigenvalue weighted by atomic mass is 10.0. The molecule has 3 heterocycles. The number of hydrogen-bond donors (Lipinski definition) is 0. The van der Waals surface area contributed by atoms with Crippen molar-refractivity contribution in [2.45, 2.75) is 38.1 Å². The van der Waals surface area contributed by atoms with Gasteiger partial charge < -0.3 is 14.4 Å². The molecule has 2 bridgehead atoms. The molecule has 9 heteroatoms. The van der Waals surface area contributed by atoms with E-state index in [1.54, 1.807) is 17.2 Å². The first-order valence-electron chi connectivity index (χ1n) is 10.9. The van der Waals surface area contributed by atoms with E-state index < -0.39 is 11.7 Å². The zero-order valence-corrected chi connectivity index (χ0v) is 17.9. The average Bonchev–Trinajstić information content (AvgIpc) is 3.39. The molecule has 1 saturated carbocycles. The van der Waals surface area contributed by atoms with Crippen LogP contribution in [0.4, 0.5) is 13.2 Å².